The third-order valence-electron chi connectivity index (χ3n) is 3.78. The molecule has 3 rings (SSSR count). The van der Waals surface area contributed by atoms with Gasteiger partial charge in [-0.25, -0.2) is 18.4 Å². The Morgan fingerprint density at radius 3 is 2.50 bits per heavy atom. The molecule has 0 bridgehead atoms. The predicted octanol–water partition coefficient (Wildman–Crippen LogP) is 3.61. The second-order valence-corrected chi connectivity index (χ2v) is 8.62. The number of imidazole rings is 1. The first-order chi connectivity index (χ1) is 12.0. The minimum Gasteiger partial charge on any atom is -0.310 e. The van der Waals surface area contributed by atoms with Crippen molar-refractivity contribution in [1.29, 1.82) is 0 Å². The molecule has 0 aliphatic rings. The molecule has 3 aromatic rings. The average Bonchev–Trinajstić information content (AvgIpc) is 2.89. The van der Waals surface area contributed by atoms with Crippen LogP contribution in [0.1, 0.15) is 12.5 Å². The van der Waals surface area contributed by atoms with Crippen molar-refractivity contribution >= 4 is 36.9 Å². The Kier molecular flexibility index (Phi) is 4.55. The van der Waals surface area contributed by atoms with Crippen LogP contribution < -0.4 is 0 Å². The highest BCUT2D eigenvalue weighted by atomic mass is 79.9. The number of rotatable bonds is 3. The molecule has 0 atom stereocenters. The minimum absolute atomic E-state index is 0.117. The molecule has 0 fully saturated rings. The maximum absolute atomic E-state index is 13.0. The number of alkyl halides is 3. The fourth-order valence-corrected chi connectivity index (χ4v) is 3.80. The minimum atomic E-state index is -4.71. The number of fused-ring (bicyclic) bond motifs is 1. The monoisotopic (exact) mass is 448 g/mol. The summed E-state index contributed by atoms with van der Waals surface area (Å²) in [4.78, 5) is 11.8. The molecule has 0 aliphatic carbocycles. The molecule has 6 nitrogen and oxygen atoms in total. The molecule has 0 saturated heterocycles. The van der Waals surface area contributed by atoms with Crippen molar-refractivity contribution in [1.82, 2.24) is 19.5 Å². The van der Waals surface area contributed by atoms with Crippen molar-refractivity contribution in [2.24, 2.45) is 7.05 Å². The Hall–Kier alpha value is -2.01. The number of sulfone groups is 1. The number of aryl methyl sites for hydroxylation is 1. The Morgan fingerprint density at radius 2 is 1.88 bits per heavy atom. The van der Waals surface area contributed by atoms with Gasteiger partial charge in [0, 0.05) is 23.9 Å². The smallest absolute Gasteiger partial charge is 0.310 e. The Morgan fingerprint density at radius 1 is 1.19 bits per heavy atom. The normalized spacial score (nSPS) is 12.7. The number of pyridine rings is 2. The zero-order chi connectivity index (χ0) is 19.3. The van der Waals surface area contributed by atoms with Crippen LogP contribution in [0.2, 0.25) is 0 Å². The van der Waals surface area contributed by atoms with Crippen molar-refractivity contribution < 1.29 is 21.6 Å². The van der Waals surface area contributed by atoms with Crippen LogP contribution in [0, 0.1) is 0 Å². The first kappa shape index (κ1) is 18.8. The van der Waals surface area contributed by atoms with Gasteiger partial charge in [0.05, 0.1) is 16.2 Å². The van der Waals surface area contributed by atoms with Crippen LogP contribution in [0.4, 0.5) is 13.2 Å². The van der Waals surface area contributed by atoms with Crippen molar-refractivity contribution in [2.75, 3.05) is 5.75 Å². The summed E-state index contributed by atoms with van der Waals surface area (Å²) >= 11 is 3.26. The Labute approximate surface area is 155 Å². The van der Waals surface area contributed by atoms with Gasteiger partial charge in [0.25, 0.3) is 0 Å². The third kappa shape index (κ3) is 3.20. The van der Waals surface area contributed by atoms with E-state index in [0.29, 0.717) is 27.9 Å². The topological polar surface area (TPSA) is 77.7 Å². The lowest BCUT2D eigenvalue weighted by Gasteiger charge is -2.12. The van der Waals surface area contributed by atoms with Crippen LogP contribution >= 0.6 is 15.9 Å². The summed E-state index contributed by atoms with van der Waals surface area (Å²) in [6.07, 6.45) is -2.56. The fourth-order valence-electron chi connectivity index (χ4n) is 2.42. The molecule has 0 aromatic carbocycles. The molecule has 3 heterocycles. The van der Waals surface area contributed by atoms with Gasteiger partial charge in [0.15, 0.2) is 21.3 Å². The van der Waals surface area contributed by atoms with E-state index in [-0.39, 0.29) is 17.3 Å². The summed E-state index contributed by atoms with van der Waals surface area (Å²) in [6.45, 7) is 1.35. The SMILES string of the molecule is CCS(=O)(=O)c1cc(C(F)(F)F)cnc1-c1nc2cc(Br)cnc2n1C. The predicted molar refractivity (Wildman–Crippen MR) is 92.2 cm³/mol. The second kappa shape index (κ2) is 6.31. The van der Waals surface area contributed by atoms with Gasteiger partial charge in [0.1, 0.15) is 11.2 Å². The zero-order valence-electron chi connectivity index (χ0n) is 13.5. The molecule has 0 N–H and O–H groups in total. The van der Waals surface area contributed by atoms with Gasteiger partial charge in [-0.1, -0.05) is 6.92 Å². The summed E-state index contributed by atoms with van der Waals surface area (Å²) in [7, 11) is -2.38. The number of halogens is 4. The quantitative estimate of drug-likeness (QED) is 0.611. The molecular weight excluding hydrogens is 437 g/mol. The van der Waals surface area contributed by atoms with Gasteiger partial charge < -0.3 is 4.57 Å². The van der Waals surface area contributed by atoms with Gasteiger partial charge in [0.2, 0.25) is 0 Å². The van der Waals surface area contributed by atoms with E-state index in [2.05, 4.69) is 30.9 Å². The second-order valence-electron chi connectivity index (χ2n) is 5.46. The molecule has 0 aliphatic heterocycles. The molecule has 0 amide bonds. The lowest BCUT2D eigenvalue weighted by atomic mass is 10.2. The van der Waals surface area contributed by atoms with Gasteiger partial charge >= 0.3 is 6.18 Å². The number of aromatic nitrogens is 4. The number of nitrogens with zero attached hydrogens (tertiary/aromatic N) is 4. The first-order valence-corrected chi connectivity index (χ1v) is 9.77. The molecule has 0 spiro atoms. The van der Waals surface area contributed by atoms with E-state index in [1.54, 1.807) is 13.1 Å². The first-order valence-electron chi connectivity index (χ1n) is 7.33. The van der Waals surface area contributed by atoms with Gasteiger partial charge in [-0.15, -0.1) is 0 Å². The summed E-state index contributed by atoms with van der Waals surface area (Å²) in [5.41, 5.74) is -0.368. The van der Waals surface area contributed by atoms with Crippen LogP contribution in [0.25, 0.3) is 22.7 Å². The van der Waals surface area contributed by atoms with E-state index in [9.17, 15) is 21.6 Å². The van der Waals surface area contributed by atoms with Crippen LogP contribution in [-0.2, 0) is 23.1 Å². The number of hydrogen-bond acceptors (Lipinski definition) is 5. The number of hydrogen-bond donors (Lipinski definition) is 0. The van der Waals surface area contributed by atoms with Crippen molar-refractivity contribution in [3.63, 3.8) is 0 Å². The molecular formula is C15H12BrF3N4O2S. The van der Waals surface area contributed by atoms with Gasteiger partial charge in [-0.2, -0.15) is 13.2 Å². The van der Waals surface area contributed by atoms with Crippen molar-refractivity contribution in [3.8, 4) is 11.5 Å². The largest absolute Gasteiger partial charge is 0.417 e. The van der Waals surface area contributed by atoms with Crippen LogP contribution in [0.15, 0.2) is 33.9 Å². The van der Waals surface area contributed by atoms with Crippen molar-refractivity contribution in [3.05, 3.63) is 34.6 Å². The van der Waals surface area contributed by atoms with Gasteiger partial charge in [-0.3, -0.25) is 4.98 Å². The maximum Gasteiger partial charge on any atom is 0.417 e. The van der Waals surface area contributed by atoms with Gasteiger partial charge in [-0.05, 0) is 28.1 Å². The van der Waals surface area contributed by atoms with Crippen LogP contribution in [-0.4, -0.2) is 33.7 Å². The van der Waals surface area contributed by atoms with E-state index in [0.717, 1.165) is 0 Å². The maximum atomic E-state index is 13.0. The van der Waals surface area contributed by atoms with Crippen LogP contribution in [0.5, 0.6) is 0 Å². The lowest BCUT2D eigenvalue weighted by Crippen LogP contribution is -2.13. The molecule has 138 valence electrons. The molecule has 0 saturated carbocycles. The highest BCUT2D eigenvalue weighted by Crippen LogP contribution is 2.34. The van der Waals surface area contributed by atoms with E-state index < -0.39 is 26.5 Å². The molecule has 0 radical (unpaired) electrons. The highest BCUT2D eigenvalue weighted by molar-refractivity contribution is 9.10. The lowest BCUT2D eigenvalue weighted by molar-refractivity contribution is -0.138. The molecule has 0 unspecified atom stereocenters. The summed E-state index contributed by atoms with van der Waals surface area (Å²) in [6, 6.07) is 2.27. The van der Waals surface area contributed by atoms with E-state index in [1.807, 2.05) is 0 Å². The fraction of sp³-hybridized carbons (Fsp3) is 0.267. The Bertz CT molecular complexity index is 1110. The molecule has 26 heavy (non-hydrogen) atoms. The molecule has 11 heteroatoms. The zero-order valence-corrected chi connectivity index (χ0v) is 15.9. The molecule has 3 aromatic heterocycles. The Balaban J connectivity index is 2.33. The summed E-state index contributed by atoms with van der Waals surface area (Å²) < 4.78 is 66.0. The highest BCUT2D eigenvalue weighted by Gasteiger charge is 2.34. The summed E-state index contributed by atoms with van der Waals surface area (Å²) in [5.74, 6) is -0.247. The van der Waals surface area contributed by atoms with E-state index >= 15 is 0 Å². The van der Waals surface area contributed by atoms with E-state index in [4.69, 9.17) is 0 Å². The standard InChI is InChI=1S/C15H12BrF3N4O2S/c1-3-26(24,25)11-4-8(15(17,18)19)6-20-12(11)14-22-10-5-9(16)7-21-13(10)23(14)2/h4-7H,3H2,1-2H3. The van der Waals surface area contributed by atoms with Crippen LogP contribution in [0.3, 0.4) is 0 Å². The van der Waals surface area contributed by atoms with E-state index in [1.165, 1.54) is 17.7 Å². The van der Waals surface area contributed by atoms with Crippen molar-refractivity contribution in [2.45, 2.75) is 18.0 Å². The summed E-state index contributed by atoms with van der Waals surface area (Å²) in [5, 5.41) is 0. The third-order valence-corrected chi connectivity index (χ3v) is 5.96. The average molecular weight is 449 g/mol.